The molecule has 0 radical (unpaired) electrons. The Kier molecular flexibility index (Phi) is 4.75. The number of imide groups is 1. The van der Waals surface area contributed by atoms with E-state index in [9.17, 15) is 19.5 Å². The molecule has 27 heavy (non-hydrogen) atoms. The van der Waals surface area contributed by atoms with Gasteiger partial charge in [0.25, 0.3) is 11.8 Å². The summed E-state index contributed by atoms with van der Waals surface area (Å²) in [5.41, 5.74) is 0.461. The van der Waals surface area contributed by atoms with Gasteiger partial charge in [0.05, 0.1) is 17.0 Å². The Morgan fingerprint density at radius 1 is 1.11 bits per heavy atom. The van der Waals surface area contributed by atoms with Crippen LogP contribution in [0.4, 0.5) is 5.69 Å². The van der Waals surface area contributed by atoms with Gasteiger partial charge in [-0.15, -0.1) is 0 Å². The number of phenols is 1. The van der Waals surface area contributed by atoms with Crippen molar-refractivity contribution in [1.29, 1.82) is 0 Å². The molecule has 0 bridgehead atoms. The fraction of sp³-hybridized carbons (Fsp3) is 0.111. The molecule has 0 saturated heterocycles. The van der Waals surface area contributed by atoms with Crippen LogP contribution < -0.4 is 0 Å². The zero-order valence-electron chi connectivity index (χ0n) is 14.1. The number of phenolic OH excluding ortho intramolecular Hbond substituents is 1. The lowest BCUT2D eigenvalue weighted by Crippen LogP contribution is -2.34. The van der Waals surface area contributed by atoms with Gasteiger partial charge < -0.3 is 10.2 Å². The number of hydrogen-bond acceptors (Lipinski definition) is 7. The molecule has 3 rings (SSSR count). The molecular weight excluding hydrogens is 352 g/mol. The number of hydrogen-bond donors (Lipinski definition) is 2. The van der Waals surface area contributed by atoms with Crippen molar-refractivity contribution in [2.24, 2.45) is 15.3 Å². The number of carbonyl (C=O) groups excluding carboxylic acids is 2. The predicted octanol–water partition coefficient (Wildman–Crippen LogP) is 2.60. The summed E-state index contributed by atoms with van der Waals surface area (Å²) in [5, 5.41) is 30.8. The summed E-state index contributed by atoms with van der Waals surface area (Å²) >= 11 is 0. The molecule has 2 aromatic carbocycles. The van der Waals surface area contributed by atoms with Crippen LogP contribution in [-0.2, 0) is 4.79 Å². The Hall–Kier alpha value is -3.88. The van der Waals surface area contributed by atoms with Crippen molar-refractivity contribution in [3.8, 4) is 5.75 Å². The van der Waals surface area contributed by atoms with Crippen LogP contribution in [0.2, 0.25) is 0 Å². The van der Waals surface area contributed by atoms with E-state index in [4.69, 9.17) is 5.11 Å². The normalized spacial score (nSPS) is 16.6. The van der Waals surface area contributed by atoms with Crippen molar-refractivity contribution in [2.45, 2.75) is 13.0 Å². The van der Waals surface area contributed by atoms with Crippen molar-refractivity contribution >= 4 is 29.2 Å². The van der Waals surface area contributed by atoms with Crippen LogP contribution in [-0.4, -0.2) is 44.8 Å². The molecule has 9 heteroatoms. The molecule has 1 atom stereocenters. The van der Waals surface area contributed by atoms with Gasteiger partial charge >= 0.3 is 5.97 Å². The largest absolute Gasteiger partial charge is 0.508 e. The molecule has 0 saturated carbocycles. The number of aromatic hydroxyl groups is 1. The molecule has 0 aromatic heterocycles. The minimum absolute atomic E-state index is 0.0113. The number of rotatable bonds is 4. The molecule has 9 nitrogen and oxygen atoms in total. The summed E-state index contributed by atoms with van der Waals surface area (Å²) in [6.45, 7) is 1.52. The highest BCUT2D eigenvalue weighted by Crippen LogP contribution is 2.22. The maximum Gasteiger partial charge on any atom is 0.337 e. The van der Waals surface area contributed by atoms with Crippen LogP contribution in [0.25, 0.3) is 0 Å². The van der Waals surface area contributed by atoms with Gasteiger partial charge in [-0.25, -0.2) is 4.79 Å². The predicted molar refractivity (Wildman–Crippen MR) is 94.1 cm³/mol. The van der Waals surface area contributed by atoms with Crippen LogP contribution in [0.15, 0.2) is 63.9 Å². The number of benzene rings is 2. The SMILES string of the molecule is CC1=NN(C(=O)c2ccc(O)cc2)C(=O)C1N=Nc1ccccc1C(=O)O. The lowest BCUT2D eigenvalue weighted by molar-refractivity contribution is -0.127. The summed E-state index contributed by atoms with van der Waals surface area (Å²) in [6, 6.07) is 10.2. The summed E-state index contributed by atoms with van der Waals surface area (Å²) in [4.78, 5) is 36.2. The summed E-state index contributed by atoms with van der Waals surface area (Å²) in [6.07, 6.45) is 0. The smallest absolute Gasteiger partial charge is 0.337 e. The summed E-state index contributed by atoms with van der Waals surface area (Å²) < 4.78 is 0. The number of carboxylic acids is 1. The highest BCUT2D eigenvalue weighted by atomic mass is 16.4. The van der Waals surface area contributed by atoms with Crippen molar-refractivity contribution in [3.63, 3.8) is 0 Å². The number of carboxylic acid groups (broad SMARTS) is 1. The third-order valence-electron chi connectivity index (χ3n) is 3.82. The monoisotopic (exact) mass is 366 g/mol. The standard InChI is InChI=1S/C18H14N4O5/c1-10-15(20-19-14-5-3-2-4-13(14)18(26)27)17(25)22(21-10)16(24)11-6-8-12(23)9-7-11/h2-9,15,23H,1H3,(H,26,27). The molecule has 0 fully saturated rings. The van der Waals surface area contributed by atoms with E-state index < -0.39 is 23.8 Å². The average molecular weight is 366 g/mol. The fourth-order valence-electron chi connectivity index (χ4n) is 2.42. The zero-order valence-corrected chi connectivity index (χ0v) is 14.1. The van der Waals surface area contributed by atoms with E-state index in [2.05, 4.69) is 15.3 Å². The van der Waals surface area contributed by atoms with Crippen molar-refractivity contribution in [1.82, 2.24) is 5.01 Å². The average Bonchev–Trinajstić information content (AvgIpc) is 2.94. The fourth-order valence-corrected chi connectivity index (χ4v) is 2.42. The van der Waals surface area contributed by atoms with Gasteiger partial charge in [-0.1, -0.05) is 12.1 Å². The van der Waals surface area contributed by atoms with Crippen LogP contribution in [0.3, 0.4) is 0 Å². The van der Waals surface area contributed by atoms with Gasteiger partial charge in [-0.05, 0) is 43.3 Å². The van der Waals surface area contributed by atoms with Gasteiger partial charge in [-0.3, -0.25) is 9.59 Å². The number of amides is 2. The lowest BCUT2D eigenvalue weighted by Gasteiger charge is -2.10. The summed E-state index contributed by atoms with van der Waals surface area (Å²) in [5.74, 6) is -2.54. The highest BCUT2D eigenvalue weighted by Gasteiger charge is 2.38. The van der Waals surface area contributed by atoms with E-state index >= 15 is 0 Å². The molecule has 2 N–H and O–H groups in total. The number of carbonyl (C=O) groups is 3. The molecule has 0 spiro atoms. The van der Waals surface area contributed by atoms with E-state index in [1.54, 1.807) is 12.1 Å². The van der Waals surface area contributed by atoms with Crippen LogP contribution in [0, 0.1) is 0 Å². The van der Waals surface area contributed by atoms with Crippen LogP contribution in [0.5, 0.6) is 5.75 Å². The maximum atomic E-state index is 12.5. The Bertz CT molecular complexity index is 982. The van der Waals surface area contributed by atoms with E-state index in [0.717, 1.165) is 0 Å². The minimum Gasteiger partial charge on any atom is -0.508 e. The third-order valence-corrected chi connectivity index (χ3v) is 3.82. The first-order chi connectivity index (χ1) is 12.9. The Labute approximate surface area is 153 Å². The van der Waals surface area contributed by atoms with Crippen molar-refractivity contribution in [2.75, 3.05) is 0 Å². The lowest BCUT2D eigenvalue weighted by atomic mass is 10.2. The molecule has 2 amide bonds. The van der Waals surface area contributed by atoms with E-state index in [1.165, 1.54) is 43.3 Å². The molecule has 1 unspecified atom stereocenters. The second-order valence-electron chi connectivity index (χ2n) is 5.68. The van der Waals surface area contributed by atoms with E-state index in [1.807, 2.05) is 0 Å². The van der Waals surface area contributed by atoms with Crippen LogP contribution >= 0.6 is 0 Å². The molecule has 136 valence electrons. The topological polar surface area (TPSA) is 132 Å². The zero-order chi connectivity index (χ0) is 19.6. The Morgan fingerprint density at radius 2 is 1.78 bits per heavy atom. The van der Waals surface area contributed by atoms with Gasteiger partial charge in [-0.2, -0.15) is 20.3 Å². The first-order valence-electron chi connectivity index (χ1n) is 7.84. The second kappa shape index (κ2) is 7.16. The van der Waals surface area contributed by atoms with Gasteiger partial charge in [0.15, 0.2) is 6.04 Å². The number of hydrazone groups is 1. The number of nitrogens with zero attached hydrogens (tertiary/aromatic N) is 4. The van der Waals surface area contributed by atoms with Crippen LogP contribution in [0.1, 0.15) is 27.6 Å². The first kappa shape index (κ1) is 17.9. The van der Waals surface area contributed by atoms with Gasteiger partial charge in [0, 0.05) is 5.56 Å². The molecule has 1 aliphatic rings. The minimum atomic E-state index is -1.17. The maximum absolute atomic E-state index is 12.5. The molecule has 1 aliphatic heterocycles. The molecule has 0 aliphatic carbocycles. The van der Waals surface area contributed by atoms with E-state index in [0.29, 0.717) is 5.01 Å². The number of aromatic carboxylic acids is 1. The summed E-state index contributed by atoms with van der Waals surface area (Å²) in [7, 11) is 0. The Balaban J connectivity index is 1.82. The first-order valence-corrected chi connectivity index (χ1v) is 7.84. The number of azo groups is 1. The molecule has 2 aromatic rings. The van der Waals surface area contributed by atoms with Crippen molar-refractivity contribution < 1.29 is 24.6 Å². The second-order valence-corrected chi connectivity index (χ2v) is 5.68. The third kappa shape index (κ3) is 3.56. The molecule has 1 heterocycles. The molecular formula is C18H14N4O5. The van der Waals surface area contributed by atoms with Gasteiger partial charge in [0.2, 0.25) is 0 Å². The van der Waals surface area contributed by atoms with E-state index in [-0.39, 0.29) is 28.3 Å². The Morgan fingerprint density at radius 3 is 2.44 bits per heavy atom. The van der Waals surface area contributed by atoms with Crippen molar-refractivity contribution in [3.05, 3.63) is 59.7 Å². The van der Waals surface area contributed by atoms with Gasteiger partial charge in [0.1, 0.15) is 5.75 Å². The quantitative estimate of drug-likeness (QED) is 0.634. The highest BCUT2D eigenvalue weighted by molar-refractivity contribution is 6.18.